The monoisotopic (exact) mass is 434 g/mol. The van der Waals surface area contributed by atoms with Gasteiger partial charge in [-0.1, -0.05) is 12.1 Å². The first kappa shape index (κ1) is 19.9. The molecule has 5 rings (SSSR count). The van der Waals surface area contributed by atoms with Crippen LogP contribution in [0.25, 0.3) is 27.9 Å². The highest BCUT2D eigenvalue weighted by Gasteiger charge is 2.17. The Morgan fingerprint density at radius 2 is 2.03 bits per heavy atom. The van der Waals surface area contributed by atoms with E-state index < -0.39 is 0 Å². The summed E-state index contributed by atoms with van der Waals surface area (Å²) in [7, 11) is 1.55. The molecule has 0 saturated heterocycles. The zero-order chi connectivity index (χ0) is 22.1. The fourth-order valence-electron chi connectivity index (χ4n) is 3.63. The average molecular weight is 434 g/mol. The van der Waals surface area contributed by atoms with Crippen molar-refractivity contribution in [3.05, 3.63) is 66.5 Å². The van der Waals surface area contributed by atoms with Gasteiger partial charge in [-0.05, 0) is 29.8 Å². The van der Waals surface area contributed by atoms with E-state index >= 15 is 0 Å². The van der Waals surface area contributed by atoms with E-state index in [1.54, 1.807) is 23.9 Å². The SMILES string of the molecule is COc1ncnc2ccn(-c3cnc4nc(OCCO)n(Cc5cccc(F)c5)c4c3)c12. The first-order valence-corrected chi connectivity index (χ1v) is 9.88. The highest BCUT2D eigenvalue weighted by atomic mass is 19.1. The van der Waals surface area contributed by atoms with E-state index in [9.17, 15) is 9.50 Å². The number of fused-ring (bicyclic) bond motifs is 2. The molecule has 0 saturated carbocycles. The lowest BCUT2D eigenvalue weighted by atomic mass is 10.2. The molecule has 4 heterocycles. The summed E-state index contributed by atoms with van der Waals surface area (Å²) in [5.74, 6) is 0.120. The van der Waals surface area contributed by atoms with Gasteiger partial charge in [0.2, 0.25) is 5.88 Å². The van der Waals surface area contributed by atoms with Crippen LogP contribution in [0.3, 0.4) is 0 Å². The molecule has 1 aromatic carbocycles. The van der Waals surface area contributed by atoms with E-state index in [-0.39, 0.29) is 19.0 Å². The molecule has 0 atom stereocenters. The first-order valence-electron chi connectivity index (χ1n) is 9.88. The minimum absolute atomic E-state index is 0.0795. The van der Waals surface area contributed by atoms with Crippen molar-refractivity contribution >= 4 is 22.2 Å². The zero-order valence-corrected chi connectivity index (χ0v) is 17.1. The first-order chi connectivity index (χ1) is 15.7. The molecular weight excluding hydrogens is 415 g/mol. The Kier molecular flexibility index (Phi) is 5.12. The van der Waals surface area contributed by atoms with Gasteiger partial charge >= 0.3 is 0 Å². The van der Waals surface area contributed by atoms with Crippen molar-refractivity contribution in [2.45, 2.75) is 6.54 Å². The summed E-state index contributed by atoms with van der Waals surface area (Å²) in [5, 5.41) is 9.18. The number of nitrogens with zero attached hydrogens (tertiary/aromatic N) is 6. The highest BCUT2D eigenvalue weighted by molar-refractivity contribution is 5.83. The van der Waals surface area contributed by atoms with Crippen molar-refractivity contribution in [1.29, 1.82) is 0 Å². The second-order valence-electron chi connectivity index (χ2n) is 7.02. The predicted molar refractivity (Wildman–Crippen MR) is 115 cm³/mol. The number of aliphatic hydroxyl groups is 1. The quantitative estimate of drug-likeness (QED) is 0.420. The van der Waals surface area contributed by atoms with Gasteiger partial charge in [0.1, 0.15) is 24.3 Å². The molecule has 162 valence electrons. The van der Waals surface area contributed by atoms with Gasteiger partial charge in [-0.3, -0.25) is 4.57 Å². The number of pyridine rings is 1. The summed E-state index contributed by atoms with van der Waals surface area (Å²) in [5.41, 5.74) is 4.09. The van der Waals surface area contributed by atoms with Crippen LogP contribution in [0.4, 0.5) is 4.39 Å². The van der Waals surface area contributed by atoms with Crippen LogP contribution < -0.4 is 9.47 Å². The van der Waals surface area contributed by atoms with Gasteiger partial charge in [-0.15, -0.1) is 0 Å². The Hall–Kier alpha value is -4.05. The number of imidazole rings is 1. The summed E-state index contributed by atoms with van der Waals surface area (Å²) in [6.45, 7) is 0.242. The molecule has 1 N–H and O–H groups in total. The molecule has 32 heavy (non-hydrogen) atoms. The molecule has 0 aliphatic heterocycles. The van der Waals surface area contributed by atoms with Gasteiger partial charge in [-0.25, -0.2) is 14.4 Å². The van der Waals surface area contributed by atoms with Gasteiger partial charge in [0.15, 0.2) is 5.65 Å². The molecule has 0 fully saturated rings. The molecule has 5 aromatic rings. The smallest absolute Gasteiger partial charge is 0.299 e. The van der Waals surface area contributed by atoms with Gasteiger partial charge in [0, 0.05) is 6.20 Å². The van der Waals surface area contributed by atoms with Gasteiger partial charge in [-0.2, -0.15) is 9.97 Å². The van der Waals surface area contributed by atoms with E-state index in [0.717, 1.165) is 16.8 Å². The Labute approximate surface area is 181 Å². The maximum atomic E-state index is 13.8. The minimum atomic E-state index is -0.325. The van der Waals surface area contributed by atoms with Crippen molar-refractivity contribution in [3.63, 3.8) is 0 Å². The second kappa shape index (κ2) is 8.23. The highest BCUT2D eigenvalue weighted by Crippen LogP contribution is 2.28. The van der Waals surface area contributed by atoms with E-state index in [4.69, 9.17) is 9.47 Å². The number of hydrogen-bond donors (Lipinski definition) is 1. The molecule has 10 heteroatoms. The average Bonchev–Trinajstić information content (AvgIpc) is 3.39. The Morgan fingerprint density at radius 3 is 2.84 bits per heavy atom. The van der Waals surface area contributed by atoms with E-state index in [2.05, 4.69) is 19.9 Å². The van der Waals surface area contributed by atoms with Crippen LogP contribution in [0.15, 0.2) is 55.1 Å². The summed E-state index contributed by atoms with van der Waals surface area (Å²) < 4.78 is 28.5. The summed E-state index contributed by atoms with van der Waals surface area (Å²) in [6, 6.07) is 10.4. The second-order valence-corrected chi connectivity index (χ2v) is 7.02. The lowest BCUT2D eigenvalue weighted by molar-refractivity contribution is 0.187. The van der Waals surface area contributed by atoms with Crippen molar-refractivity contribution < 1.29 is 19.0 Å². The van der Waals surface area contributed by atoms with Crippen molar-refractivity contribution in [3.8, 4) is 17.6 Å². The Bertz CT molecular complexity index is 1410. The Balaban J connectivity index is 1.66. The molecule has 0 aliphatic rings. The standard InChI is InChI=1S/C22H19FN6O3/c1-31-21-19-17(25-13-26-21)5-6-28(19)16-10-18-20(24-11-16)27-22(32-8-7-30)29(18)12-14-3-2-4-15(23)9-14/h2-6,9-11,13,30H,7-8,12H2,1H3. The molecular formula is C22H19FN6O3. The molecule has 0 spiro atoms. The van der Waals surface area contributed by atoms with Crippen molar-refractivity contribution in [2.75, 3.05) is 20.3 Å². The number of hydrogen-bond acceptors (Lipinski definition) is 7. The topological polar surface area (TPSA) is 100 Å². The van der Waals surface area contributed by atoms with Crippen LogP contribution in [0, 0.1) is 5.82 Å². The maximum absolute atomic E-state index is 13.8. The van der Waals surface area contributed by atoms with Crippen LogP contribution in [-0.2, 0) is 6.54 Å². The fourth-order valence-corrected chi connectivity index (χ4v) is 3.63. The summed E-state index contributed by atoms with van der Waals surface area (Å²) in [6.07, 6.45) is 5.00. The van der Waals surface area contributed by atoms with E-state index in [1.807, 2.05) is 29.0 Å². The lowest BCUT2D eigenvalue weighted by Crippen LogP contribution is -2.09. The largest absolute Gasteiger partial charge is 0.479 e. The van der Waals surface area contributed by atoms with Crippen LogP contribution >= 0.6 is 0 Å². The predicted octanol–water partition coefficient (Wildman–Crippen LogP) is 2.73. The number of ether oxygens (including phenoxy) is 2. The van der Waals surface area contributed by atoms with Gasteiger partial charge in [0.05, 0.1) is 43.2 Å². The minimum Gasteiger partial charge on any atom is -0.479 e. The lowest BCUT2D eigenvalue weighted by Gasteiger charge is -2.11. The van der Waals surface area contributed by atoms with E-state index in [1.165, 1.54) is 18.5 Å². The number of rotatable bonds is 7. The van der Waals surface area contributed by atoms with E-state index in [0.29, 0.717) is 35.1 Å². The summed E-state index contributed by atoms with van der Waals surface area (Å²) >= 11 is 0. The van der Waals surface area contributed by atoms with Crippen molar-refractivity contribution in [1.82, 2.24) is 29.1 Å². The molecule has 0 radical (unpaired) electrons. The maximum Gasteiger partial charge on any atom is 0.299 e. The number of aliphatic hydroxyl groups excluding tert-OH is 1. The molecule has 0 bridgehead atoms. The molecule has 0 amide bonds. The van der Waals surface area contributed by atoms with Crippen LogP contribution in [0.5, 0.6) is 11.9 Å². The van der Waals surface area contributed by atoms with Gasteiger partial charge in [0.25, 0.3) is 6.01 Å². The normalized spacial score (nSPS) is 11.3. The number of halogens is 1. The molecule has 9 nitrogen and oxygen atoms in total. The Morgan fingerprint density at radius 1 is 1.12 bits per heavy atom. The number of aromatic nitrogens is 6. The van der Waals surface area contributed by atoms with Crippen LogP contribution in [-0.4, -0.2) is 54.5 Å². The van der Waals surface area contributed by atoms with Gasteiger partial charge < -0.3 is 19.1 Å². The third kappa shape index (κ3) is 3.50. The van der Waals surface area contributed by atoms with Crippen molar-refractivity contribution in [2.24, 2.45) is 0 Å². The molecule has 0 unspecified atom stereocenters. The third-order valence-corrected chi connectivity index (χ3v) is 5.02. The third-order valence-electron chi connectivity index (χ3n) is 5.02. The van der Waals surface area contributed by atoms with Crippen LogP contribution in [0.1, 0.15) is 5.56 Å². The number of methoxy groups -OCH3 is 1. The number of benzene rings is 1. The molecule has 4 aromatic heterocycles. The molecule has 0 aliphatic carbocycles. The zero-order valence-electron chi connectivity index (χ0n) is 17.1. The van der Waals surface area contributed by atoms with Crippen LogP contribution in [0.2, 0.25) is 0 Å². The summed E-state index contributed by atoms with van der Waals surface area (Å²) in [4.78, 5) is 17.4. The fraction of sp³-hybridized carbons (Fsp3) is 0.182.